The molecule has 4 atom stereocenters. The van der Waals surface area contributed by atoms with Crippen molar-refractivity contribution in [2.75, 3.05) is 6.54 Å². The molecule has 0 aromatic heterocycles. The van der Waals surface area contributed by atoms with Gasteiger partial charge in [0.05, 0.1) is 0 Å². The van der Waals surface area contributed by atoms with Crippen molar-refractivity contribution < 1.29 is 0 Å². The fourth-order valence-corrected chi connectivity index (χ4v) is 5.33. The predicted octanol–water partition coefficient (Wildman–Crippen LogP) is 7.09. The maximum atomic E-state index is 4.88. The minimum Gasteiger partial charge on any atom is -0.295 e. The van der Waals surface area contributed by atoms with E-state index in [9.17, 15) is 0 Å². The largest absolute Gasteiger partial charge is 0.295 e. The van der Waals surface area contributed by atoms with E-state index in [0.29, 0.717) is 23.3 Å². The third-order valence-corrected chi connectivity index (χ3v) is 6.85. The van der Waals surface area contributed by atoms with Crippen LogP contribution in [0.5, 0.6) is 0 Å². The van der Waals surface area contributed by atoms with Gasteiger partial charge in [-0.2, -0.15) is 12.6 Å². The molecule has 0 unspecified atom stereocenters. The topological polar surface area (TPSA) is 3.24 Å². The lowest BCUT2D eigenvalue weighted by molar-refractivity contribution is -0.0209. The van der Waals surface area contributed by atoms with Crippen LogP contribution in [0.2, 0.25) is 0 Å². The zero-order chi connectivity index (χ0) is 22.2. The molecule has 0 saturated carbocycles. The molecule has 1 saturated heterocycles. The number of benzene rings is 2. The van der Waals surface area contributed by atoms with E-state index in [4.69, 9.17) is 12.6 Å². The van der Waals surface area contributed by atoms with Crippen LogP contribution in [0.15, 0.2) is 66.7 Å². The molecule has 0 amide bonds. The molecule has 3 rings (SSSR count). The molecule has 0 spiro atoms. The quantitative estimate of drug-likeness (QED) is 0.252. The summed E-state index contributed by atoms with van der Waals surface area (Å²) in [6.07, 6.45) is 5.84. The Morgan fingerprint density at radius 3 is 2.23 bits per heavy atom. The lowest BCUT2D eigenvalue weighted by atomic mass is 9.71. The third kappa shape index (κ3) is 6.28. The molecule has 1 aliphatic heterocycles. The Kier molecular flexibility index (Phi) is 8.88. The second-order valence-corrected chi connectivity index (χ2v) is 9.67. The number of hydrogen-bond donors (Lipinski definition) is 1. The number of likely N-dealkylation sites (tertiary alicyclic amines) is 1. The molecule has 2 aromatic rings. The Morgan fingerprint density at radius 2 is 1.65 bits per heavy atom. The molecular formula is C29H37NS. The van der Waals surface area contributed by atoms with Gasteiger partial charge in [0.1, 0.15) is 0 Å². The fraction of sp³-hybridized carbons (Fsp3) is 0.448. The number of thiol groups is 1. The zero-order valence-electron chi connectivity index (χ0n) is 19.3. The van der Waals surface area contributed by atoms with Crippen molar-refractivity contribution in [2.45, 2.75) is 76.1 Å². The Bertz CT molecular complexity index is 890. The van der Waals surface area contributed by atoms with Crippen molar-refractivity contribution in [1.29, 1.82) is 0 Å². The first kappa shape index (κ1) is 23.7. The molecule has 1 heterocycles. The lowest BCUT2D eigenvalue weighted by Gasteiger charge is -2.57. The van der Waals surface area contributed by atoms with Gasteiger partial charge in [-0.3, -0.25) is 4.90 Å². The molecule has 2 heteroatoms. The van der Waals surface area contributed by atoms with E-state index in [1.54, 1.807) is 0 Å². The highest BCUT2D eigenvalue weighted by Crippen LogP contribution is 2.45. The summed E-state index contributed by atoms with van der Waals surface area (Å²) in [5, 5.41) is 0.461. The Labute approximate surface area is 195 Å². The van der Waals surface area contributed by atoms with Crippen molar-refractivity contribution in [1.82, 2.24) is 4.90 Å². The summed E-state index contributed by atoms with van der Waals surface area (Å²) in [5.74, 6) is 7.16. The Balaban J connectivity index is 1.76. The smallest absolute Gasteiger partial charge is 0.0249 e. The molecule has 2 aromatic carbocycles. The van der Waals surface area contributed by atoms with Gasteiger partial charge < -0.3 is 0 Å². The monoisotopic (exact) mass is 431 g/mol. The first-order valence-corrected chi connectivity index (χ1v) is 12.3. The molecule has 31 heavy (non-hydrogen) atoms. The van der Waals surface area contributed by atoms with Gasteiger partial charge in [0, 0.05) is 40.9 Å². The van der Waals surface area contributed by atoms with Crippen LogP contribution in [0.25, 0.3) is 0 Å². The minimum absolute atomic E-state index is 0.461. The van der Waals surface area contributed by atoms with E-state index >= 15 is 0 Å². The van der Waals surface area contributed by atoms with E-state index in [2.05, 4.69) is 80.5 Å². The van der Waals surface area contributed by atoms with Crippen LogP contribution in [-0.2, 0) is 0 Å². The summed E-state index contributed by atoms with van der Waals surface area (Å²) in [5.41, 5.74) is 4.86. The van der Waals surface area contributed by atoms with Gasteiger partial charge in [0.15, 0.2) is 0 Å². The van der Waals surface area contributed by atoms with E-state index < -0.39 is 0 Å². The van der Waals surface area contributed by atoms with Crippen LogP contribution in [0.3, 0.4) is 0 Å². The van der Waals surface area contributed by atoms with Gasteiger partial charge in [0.25, 0.3) is 0 Å². The molecule has 164 valence electrons. The predicted molar refractivity (Wildman–Crippen MR) is 138 cm³/mol. The summed E-state index contributed by atoms with van der Waals surface area (Å²) >= 11 is 4.88. The minimum atomic E-state index is 0.461. The summed E-state index contributed by atoms with van der Waals surface area (Å²) in [6, 6.07) is 20.3. The summed E-state index contributed by atoms with van der Waals surface area (Å²) < 4.78 is 0. The normalized spacial score (nSPS) is 21.6. The number of hydrogen-bond acceptors (Lipinski definition) is 2. The molecule has 0 aliphatic carbocycles. The maximum Gasteiger partial charge on any atom is 0.0249 e. The van der Waals surface area contributed by atoms with Crippen LogP contribution in [0.4, 0.5) is 0 Å². The van der Waals surface area contributed by atoms with E-state index in [-0.39, 0.29) is 0 Å². The van der Waals surface area contributed by atoms with Crippen LogP contribution in [0.1, 0.15) is 75.5 Å². The van der Waals surface area contributed by atoms with Gasteiger partial charge in [-0.25, -0.2) is 0 Å². The molecule has 1 aliphatic rings. The second kappa shape index (κ2) is 11.6. The number of nitrogens with zero attached hydrogens (tertiary/aromatic N) is 1. The first-order chi connectivity index (χ1) is 15.0. The summed E-state index contributed by atoms with van der Waals surface area (Å²) in [4.78, 5) is 2.73. The third-order valence-electron chi connectivity index (χ3n) is 6.43. The highest BCUT2D eigenvalue weighted by Gasteiger charge is 2.47. The molecular weight excluding hydrogens is 394 g/mol. The SMILES string of the molecule is C=C(C)CC[C@H]1[C@@H](c2ccc(C#Cc3ccccc3)cc2)[C@@H](CC)N1C[C@@H](S)CCC. The van der Waals surface area contributed by atoms with Crippen molar-refractivity contribution in [3.8, 4) is 11.8 Å². The van der Waals surface area contributed by atoms with Crippen molar-refractivity contribution in [3.63, 3.8) is 0 Å². The molecule has 0 N–H and O–H groups in total. The second-order valence-electron chi connectivity index (χ2n) is 8.94. The van der Waals surface area contributed by atoms with Crippen molar-refractivity contribution >= 4 is 12.6 Å². The summed E-state index contributed by atoms with van der Waals surface area (Å²) in [7, 11) is 0. The van der Waals surface area contributed by atoms with Crippen LogP contribution >= 0.6 is 12.6 Å². The fourth-order valence-electron chi connectivity index (χ4n) is 4.88. The van der Waals surface area contributed by atoms with Gasteiger partial charge in [-0.1, -0.05) is 68.0 Å². The molecule has 0 radical (unpaired) electrons. The van der Waals surface area contributed by atoms with E-state index in [1.165, 1.54) is 36.8 Å². The van der Waals surface area contributed by atoms with Gasteiger partial charge in [-0.15, -0.1) is 6.58 Å². The summed E-state index contributed by atoms with van der Waals surface area (Å²) in [6.45, 7) is 12.0. The maximum absolute atomic E-state index is 4.88. The van der Waals surface area contributed by atoms with Crippen molar-refractivity contribution in [3.05, 3.63) is 83.4 Å². The van der Waals surface area contributed by atoms with Gasteiger partial charge in [0.2, 0.25) is 0 Å². The van der Waals surface area contributed by atoms with Gasteiger partial charge in [-0.05, 0) is 62.4 Å². The van der Waals surface area contributed by atoms with E-state index in [0.717, 1.165) is 24.1 Å². The average Bonchev–Trinajstić information content (AvgIpc) is 2.76. The van der Waals surface area contributed by atoms with Crippen LogP contribution < -0.4 is 0 Å². The van der Waals surface area contributed by atoms with Crippen LogP contribution in [-0.4, -0.2) is 28.8 Å². The Hall–Kier alpha value is -1.95. The molecule has 1 fully saturated rings. The standard InChI is InChI=1S/C29H37NS/c1-5-10-26(31)21-30-27(6-2)29(28(30)20-13-22(3)4)25-18-16-24(17-19-25)15-14-23-11-8-7-9-12-23/h7-9,11-12,16-19,26-29,31H,3,5-6,10,13,20-21H2,1-2,4H3/t26-,27+,28-,29-/m0/s1. The average molecular weight is 432 g/mol. The lowest BCUT2D eigenvalue weighted by Crippen LogP contribution is -2.63. The molecule has 0 bridgehead atoms. The first-order valence-electron chi connectivity index (χ1n) is 11.8. The zero-order valence-corrected chi connectivity index (χ0v) is 20.2. The highest BCUT2D eigenvalue weighted by molar-refractivity contribution is 7.81. The van der Waals surface area contributed by atoms with Gasteiger partial charge >= 0.3 is 0 Å². The van der Waals surface area contributed by atoms with Crippen molar-refractivity contribution in [2.24, 2.45) is 0 Å². The molecule has 1 nitrogen and oxygen atoms in total. The van der Waals surface area contributed by atoms with Crippen LogP contribution in [0, 0.1) is 11.8 Å². The Morgan fingerprint density at radius 1 is 1.00 bits per heavy atom. The van der Waals surface area contributed by atoms with E-state index in [1.807, 2.05) is 18.2 Å². The number of rotatable bonds is 9. The highest BCUT2D eigenvalue weighted by atomic mass is 32.1. The number of allylic oxidation sites excluding steroid dienone is 1.